The summed E-state index contributed by atoms with van der Waals surface area (Å²) >= 11 is 7.41. The number of aromatic nitrogens is 2. The highest BCUT2D eigenvalue weighted by molar-refractivity contribution is 7.18. The summed E-state index contributed by atoms with van der Waals surface area (Å²) in [6.45, 7) is 3.95. The van der Waals surface area contributed by atoms with E-state index in [1.165, 1.54) is 0 Å². The summed E-state index contributed by atoms with van der Waals surface area (Å²) in [5.41, 5.74) is 1.78. The van der Waals surface area contributed by atoms with Crippen molar-refractivity contribution in [1.29, 1.82) is 0 Å². The van der Waals surface area contributed by atoms with E-state index in [-0.39, 0.29) is 5.56 Å². The molecule has 0 saturated heterocycles. The molecule has 2 aromatic heterocycles. The van der Waals surface area contributed by atoms with Gasteiger partial charge in [0, 0.05) is 15.5 Å². The Morgan fingerprint density at radius 3 is 2.58 bits per heavy atom. The second-order valence-corrected chi connectivity index (χ2v) is 6.02. The van der Waals surface area contributed by atoms with Crippen LogP contribution in [0, 0.1) is 13.8 Å². The zero-order valence-electron chi connectivity index (χ0n) is 10.5. The van der Waals surface area contributed by atoms with Gasteiger partial charge in [-0.3, -0.25) is 4.79 Å². The van der Waals surface area contributed by atoms with Crippen molar-refractivity contribution < 1.29 is 0 Å². The third kappa shape index (κ3) is 2.07. The highest BCUT2D eigenvalue weighted by atomic mass is 35.5. The molecule has 0 bridgehead atoms. The average Bonchev–Trinajstić information content (AvgIpc) is 2.66. The second-order valence-electron chi connectivity index (χ2n) is 4.38. The summed E-state index contributed by atoms with van der Waals surface area (Å²) in [5, 5.41) is 1.36. The van der Waals surface area contributed by atoms with Gasteiger partial charge < -0.3 is 4.98 Å². The van der Waals surface area contributed by atoms with Gasteiger partial charge in [0.1, 0.15) is 10.7 Å². The zero-order valence-corrected chi connectivity index (χ0v) is 12.0. The summed E-state index contributed by atoms with van der Waals surface area (Å²) < 4.78 is 0. The van der Waals surface area contributed by atoms with Crippen molar-refractivity contribution in [2.75, 3.05) is 0 Å². The Balaban J connectivity index is 2.27. The van der Waals surface area contributed by atoms with Gasteiger partial charge >= 0.3 is 0 Å². The SMILES string of the molecule is Cc1sc2nc(-c3ccc(Cl)cc3)[nH]c(=O)c2c1C. The van der Waals surface area contributed by atoms with Gasteiger partial charge in [-0.25, -0.2) is 4.98 Å². The smallest absolute Gasteiger partial charge is 0.260 e. The molecule has 0 atom stereocenters. The molecule has 0 unspecified atom stereocenters. The Bertz CT molecular complexity index is 818. The van der Waals surface area contributed by atoms with Crippen LogP contribution >= 0.6 is 22.9 Å². The number of halogens is 1. The first-order valence-corrected chi connectivity index (χ1v) is 7.01. The van der Waals surface area contributed by atoms with Gasteiger partial charge in [-0.2, -0.15) is 0 Å². The van der Waals surface area contributed by atoms with Crippen LogP contribution in [0.25, 0.3) is 21.6 Å². The Morgan fingerprint density at radius 1 is 1.21 bits per heavy atom. The lowest BCUT2D eigenvalue weighted by atomic mass is 10.2. The highest BCUT2D eigenvalue weighted by Gasteiger charge is 2.12. The van der Waals surface area contributed by atoms with Crippen LogP contribution in [-0.2, 0) is 0 Å². The molecule has 0 radical (unpaired) electrons. The first-order chi connectivity index (χ1) is 9.06. The molecule has 0 fully saturated rings. The van der Waals surface area contributed by atoms with E-state index in [1.54, 1.807) is 23.5 Å². The number of aryl methyl sites for hydroxylation is 2. The molecule has 0 aliphatic rings. The Morgan fingerprint density at radius 2 is 1.89 bits per heavy atom. The number of hydrogen-bond acceptors (Lipinski definition) is 3. The second kappa shape index (κ2) is 4.47. The van der Waals surface area contributed by atoms with Crippen molar-refractivity contribution in [2.24, 2.45) is 0 Å². The molecule has 0 amide bonds. The van der Waals surface area contributed by atoms with Crippen LogP contribution in [0.1, 0.15) is 10.4 Å². The molecule has 5 heteroatoms. The van der Waals surface area contributed by atoms with Crippen LogP contribution in [-0.4, -0.2) is 9.97 Å². The Hall–Kier alpha value is -1.65. The van der Waals surface area contributed by atoms with Crippen molar-refractivity contribution in [2.45, 2.75) is 13.8 Å². The topological polar surface area (TPSA) is 45.8 Å². The van der Waals surface area contributed by atoms with Gasteiger partial charge in [-0.1, -0.05) is 11.6 Å². The predicted molar refractivity (Wildman–Crippen MR) is 80.2 cm³/mol. The minimum absolute atomic E-state index is 0.0863. The maximum Gasteiger partial charge on any atom is 0.260 e. The molecule has 19 heavy (non-hydrogen) atoms. The van der Waals surface area contributed by atoms with Crippen molar-refractivity contribution in [1.82, 2.24) is 9.97 Å². The van der Waals surface area contributed by atoms with Crippen LogP contribution in [0.5, 0.6) is 0 Å². The van der Waals surface area contributed by atoms with Gasteiger partial charge in [0.05, 0.1) is 5.39 Å². The lowest BCUT2D eigenvalue weighted by Crippen LogP contribution is -2.09. The molecule has 3 rings (SSSR count). The third-order valence-electron chi connectivity index (χ3n) is 3.16. The normalized spacial score (nSPS) is 11.1. The number of aromatic amines is 1. The van der Waals surface area contributed by atoms with E-state index >= 15 is 0 Å². The van der Waals surface area contributed by atoms with Gasteiger partial charge in [0.25, 0.3) is 5.56 Å². The maximum atomic E-state index is 12.2. The van der Waals surface area contributed by atoms with Gasteiger partial charge in [-0.15, -0.1) is 11.3 Å². The molecule has 0 spiro atoms. The molecular formula is C14H11ClN2OS. The number of fused-ring (bicyclic) bond motifs is 1. The molecule has 0 saturated carbocycles. The number of thiophene rings is 1. The van der Waals surface area contributed by atoms with Crippen molar-refractivity contribution in [3.05, 3.63) is 50.1 Å². The monoisotopic (exact) mass is 290 g/mol. The fraction of sp³-hybridized carbons (Fsp3) is 0.143. The molecular weight excluding hydrogens is 280 g/mol. The maximum absolute atomic E-state index is 12.2. The minimum atomic E-state index is -0.0863. The summed E-state index contributed by atoms with van der Waals surface area (Å²) in [7, 11) is 0. The van der Waals surface area contributed by atoms with E-state index in [4.69, 9.17) is 11.6 Å². The van der Waals surface area contributed by atoms with Crippen LogP contribution in [0.15, 0.2) is 29.1 Å². The first-order valence-electron chi connectivity index (χ1n) is 5.82. The summed E-state index contributed by atoms with van der Waals surface area (Å²) in [5.74, 6) is 0.579. The molecule has 2 heterocycles. The molecule has 1 aromatic carbocycles. The zero-order chi connectivity index (χ0) is 13.6. The molecule has 3 aromatic rings. The average molecular weight is 291 g/mol. The standard InChI is InChI=1S/C14H11ClN2OS/c1-7-8(2)19-14-11(7)13(18)16-12(17-14)9-3-5-10(15)6-4-9/h3-6H,1-2H3,(H,16,17,18). The lowest BCUT2D eigenvalue weighted by molar-refractivity contribution is 1.18. The van der Waals surface area contributed by atoms with E-state index in [1.807, 2.05) is 26.0 Å². The van der Waals surface area contributed by atoms with E-state index in [0.29, 0.717) is 16.2 Å². The fourth-order valence-corrected chi connectivity index (χ4v) is 3.16. The lowest BCUT2D eigenvalue weighted by Gasteiger charge is -2.01. The number of hydrogen-bond donors (Lipinski definition) is 1. The Labute approximate surface area is 118 Å². The molecule has 0 aliphatic carbocycles. The number of rotatable bonds is 1. The van der Waals surface area contributed by atoms with E-state index < -0.39 is 0 Å². The summed E-state index contributed by atoms with van der Waals surface area (Å²) in [4.78, 5) is 21.4. The number of H-pyrrole nitrogens is 1. The van der Waals surface area contributed by atoms with Gasteiger partial charge in [0.2, 0.25) is 0 Å². The van der Waals surface area contributed by atoms with Crippen LogP contribution < -0.4 is 5.56 Å². The van der Waals surface area contributed by atoms with Gasteiger partial charge in [-0.05, 0) is 43.7 Å². The van der Waals surface area contributed by atoms with E-state index in [9.17, 15) is 4.79 Å². The number of nitrogens with one attached hydrogen (secondary N) is 1. The summed E-state index contributed by atoms with van der Waals surface area (Å²) in [6, 6.07) is 7.26. The van der Waals surface area contributed by atoms with Crippen molar-refractivity contribution >= 4 is 33.2 Å². The molecule has 96 valence electrons. The Kier molecular flexibility index (Phi) is 2.92. The molecule has 0 aliphatic heterocycles. The minimum Gasteiger partial charge on any atom is -0.306 e. The van der Waals surface area contributed by atoms with Crippen molar-refractivity contribution in [3.63, 3.8) is 0 Å². The quantitative estimate of drug-likeness (QED) is 0.738. The van der Waals surface area contributed by atoms with E-state index in [2.05, 4.69) is 9.97 Å². The largest absolute Gasteiger partial charge is 0.306 e. The fourth-order valence-electron chi connectivity index (χ4n) is 2.00. The van der Waals surface area contributed by atoms with Crippen LogP contribution in [0.2, 0.25) is 5.02 Å². The molecule has 1 N–H and O–H groups in total. The third-order valence-corrected chi connectivity index (χ3v) is 4.51. The van der Waals surface area contributed by atoms with Crippen LogP contribution in [0.3, 0.4) is 0 Å². The first kappa shape index (κ1) is 12.4. The van der Waals surface area contributed by atoms with E-state index in [0.717, 1.165) is 20.8 Å². The number of nitrogens with zero attached hydrogens (tertiary/aromatic N) is 1. The summed E-state index contributed by atoms with van der Waals surface area (Å²) in [6.07, 6.45) is 0. The van der Waals surface area contributed by atoms with Crippen LogP contribution in [0.4, 0.5) is 0 Å². The predicted octanol–water partition coefficient (Wildman–Crippen LogP) is 3.92. The number of benzene rings is 1. The van der Waals surface area contributed by atoms with Gasteiger partial charge in [0.15, 0.2) is 0 Å². The highest BCUT2D eigenvalue weighted by Crippen LogP contribution is 2.27. The molecule has 3 nitrogen and oxygen atoms in total. The van der Waals surface area contributed by atoms with Crippen molar-refractivity contribution in [3.8, 4) is 11.4 Å².